The number of aromatic nitrogens is 2. The third-order valence-corrected chi connectivity index (χ3v) is 2.83. The number of hydrogen-bond acceptors (Lipinski definition) is 5. The van der Waals surface area contributed by atoms with E-state index in [1.807, 2.05) is 24.4 Å². The van der Waals surface area contributed by atoms with Crippen molar-refractivity contribution >= 4 is 5.82 Å². The van der Waals surface area contributed by atoms with Crippen LogP contribution in [0, 0.1) is 11.5 Å². The number of nitrogens with one attached hydrogen (secondary N) is 1. The summed E-state index contributed by atoms with van der Waals surface area (Å²) in [4.78, 5) is 0. The van der Waals surface area contributed by atoms with E-state index in [0.717, 1.165) is 30.0 Å². The first-order valence-electron chi connectivity index (χ1n) is 5.62. The SMILES string of the molecule is N#CNc1ccc(-c2ccc3c(c2)CCO3)nn1. The highest BCUT2D eigenvalue weighted by atomic mass is 16.5. The molecule has 0 fully saturated rings. The Morgan fingerprint density at radius 1 is 1.22 bits per heavy atom. The zero-order valence-corrected chi connectivity index (χ0v) is 9.55. The number of nitrogens with zero attached hydrogens (tertiary/aromatic N) is 3. The lowest BCUT2D eigenvalue weighted by molar-refractivity contribution is 0.357. The Kier molecular flexibility index (Phi) is 2.54. The highest BCUT2D eigenvalue weighted by Gasteiger charge is 2.13. The molecule has 2 aromatic rings. The Hall–Kier alpha value is -2.61. The van der Waals surface area contributed by atoms with Crippen molar-refractivity contribution in [3.63, 3.8) is 0 Å². The van der Waals surface area contributed by atoms with Crippen LogP contribution in [0.5, 0.6) is 5.75 Å². The van der Waals surface area contributed by atoms with Crippen LogP contribution in [0.2, 0.25) is 0 Å². The highest BCUT2D eigenvalue weighted by molar-refractivity contribution is 5.63. The molecule has 0 aliphatic carbocycles. The van der Waals surface area contributed by atoms with Gasteiger partial charge >= 0.3 is 0 Å². The first-order chi connectivity index (χ1) is 8.86. The summed E-state index contributed by atoms with van der Waals surface area (Å²) in [5.41, 5.74) is 3.00. The number of ether oxygens (including phenoxy) is 1. The van der Waals surface area contributed by atoms with Crippen LogP contribution in [0.25, 0.3) is 11.3 Å². The van der Waals surface area contributed by atoms with Crippen molar-refractivity contribution in [1.29, 1.82) is 5.26 Å². The summed E-state index contributed by atoms with van der Waals surface area (Å²) in [6.45, 7) is 0.746. The summed E-state index contributed by atoms with van der Waals surface area (Å²) in [6.07, 6.45) is 2.74. The quantitative estimate of drug-likeness (QED) is 0.639. The summed E-state index contributed by atoms with van der Waals surface area (Å²) < 4.78 is 5.46. The van der Waals surface area contributed by atoms with Gasteiger partial charge in [0.1, 0.15) is 5.75 Å². The second-order valence-corrected chi connectivity index (χ2v) is 3.96. The third-order valence-electron chi connectivity index (χ3n) is 2.83. The van der Waals surface area contributed by atoms with Crippen LogP contribution in [-0.4, -0.2) is 16.8 Å². The van der Waals surface area contributed by atoms with E-state index < -0.39 is 0 Å². The maximum absolute atomic E-state index is 8.47. The van der Waals surface area contributed by atoms with Crippen molar-refractivity contribution in [3.8, 4) is 23.2 Å². The second-order valence-electron chi connectivity index (χ2n) is 3.96. The standard InChI is InChI=1S/C13H10N4O/c14-8-15-13-4-2-11(16-17-13)9-1-3-12-10(7-9)5-6-18-12/h1-4,7H,5-6H2,(H,15,17). The van der Waals surface area contributed by atoms with E-state index in [0.29, 0.717) is 5.82 Å². The molecule has 0 saturated heterocycles. The summed E-state index contributed by atoms with van der Waals surface area (Å²) >= 11 is 0. The second kappa shape index (κ2) is 4.34. The molecule has 88 valence electrons. The van der Waals surface area contributed by atoms with Gasteiger partial charge in [-0.2, -0.15) is 5.26 Å². The minimum atomic E-state index is 0.450. The van der Waals surface area contributed by atoms with Gasteiger partial charge in [-0.1, -0.05) is 0 Å². The number of hydrogen-bond donors (Lipinski definition) is 1. The van der Waals surface area contributed by atoms with Gasteiger partial charge in [0.05, 0.1) is 12.3 Å². The summed E-state index contributed by atoms with van der Waals surface area (Å²) in [5, 5.41) is 18.9. The molecule has 0 atom stereocenters. The van der Waals surface area contributed by atoms with Crippen LogP contribution < -0.4 is 10.1 Å². The summed E-state index contributed by atoms with van der Waals surface area (Å²) in [6, 6.07) is 9.57. The topological polar surface area (TPSA) is 70.8 Å². The number of benzene rings is 1. The number of anilines is 1. The molecule has 1 N–H and O–H groups in total. The lowest BCUT2D eigenvalue weighted by Gasteiger charge is -2.03. The Bertz CT molecular complexity index is 616. The normalized spacial score (nSPS) is 12.4. The molecule has 5 nitrogen and oxygen atoms in total. The first-order valence-corrected chi connectivity index (χ1v) is 5.62. The predicted octanol–water partition coefficient (Wildman–Crippen LogP) is 1.97. The van der Waals surface area contributed by atoms with Crippen molar-refractivity contribution in [1.82, 2.24) is 10.2 Å². The lowest BCUT2D eigenvalue weighted by Crippen LogP contribution is -1.95. The van der Waals surface area contributed by atoms with Gasteiger partial charge in [0.2, 0.25) is 0 Å². The Labute approximate surface area is 104 Å². The molecular weight excluding hydrogens is 228 g/mol. The van der Waals surface area contributed by atoms with E-state index in [4.69, 9.17) is 10.00 Å². The van der Waals surface area contributed by atoms with E-state index in [1.54, 1.807) is 6.07 Å². The van der Waals surface area contributed by atoms with Crippen molar-refractivity contribution in [2.45, 2.75) is 6.42 Å². The number of rotatable bonds is 2. The van der Waals surface area contributed by atoms with Gasteiger partial charge in [-0.05, 0) is 35.9 Å². The zero-order valence-electron chi connectivity index (χ0n) is 9.55. The molecule has 5 heteroatoms. The van der Waals surface area contributed by atoms with Gasteiger partial charge in [0.25, 0.3) is 0 Å². The average Bonchev–Trinajstić information content (AvgIpc) is 2.87. The van der Waals surface area contributed by atoms with Crippen LogP contribution in [0.3, 0.4) is 0 Å². The van der Waals surface area contributed by atoms with Crippen LogP contribution in [0.4, 0.5) is 5.82 Å². The smallest absolute Gasteiger partial charge is 0.182 e. The molecule has 0 amide bonds. The van der Waals surface area contributed by atoms with Gasteiger partial charge in [0, 0.05) is 12.0 Å². The molecule has 18 heavy (non-hydrogen) atoms. The minimum Gasteiger partial charge on any atom is -0.493 e. The van der Waals surface area contributed by atoms with Crippen LogP contribution in [0.1, 0.15) is 5.56 Å². The van der Waals surface area contributed by atoms with Crippen LogP contribution >= 0.6 is 0 Å². The number of fused-ring (bicyclic) bond motifs is 1. The summed E-state index contributed by atoms with van der Waals surface area (Å²) in [7, 11) is 0. The maximum atomic E-state index is 8.47. The molecule has 0 radical (unpaired) electrons. The number of nitriles is 1. The van der Waals surface area contributed by atoms with Crippen LogP contribution in [-0.2, 0) is 6.42 Å². The zero-order chi connectivity index (χ0) is 12.4. The van der Waals surface area contributed by atoms with E-state index >= 15 is 0 Å². The fourth-order valence-corrected chi connectivity index (χ4v) is 1.96. The Morgan fingerprint density at radius 2 is 2.17 bits per heavy atom. The largest absolute Gasteiger partial charge is 0.493 e. The molecule has 0 spiro atoms. The van der Waals surface area contributed by atoms with Crippen molar-refractivity contribution in [2.24, 2.45) is 0 Å². The Balaban J connectivity index is 1.93. The molecule has 1 aliphatic heterocycles. The molecular formula is C13H10N4O. The van der Waals surface area contributed by atoms with Gasteiger partial charge in [-0.25, -0.2) is 0 Å². The fourth-order valence-electron chi connectivity index (χ4n) is 1.96. The molecule has 0 unspecified atom stereocenters. The third kappa shape index (κ3) is 1.84. The maximum Gasteiger partial charge on any atom is 0.182 e. The first kappa shape index (κ1) is 10.5. The average molecular weight is 238 g/mol. The molecule has 0 saturated carbocycles. The van der Waals surface area contributed by atoms with E-state index in [2.05, 4.69) is 21.6 Å². The van der Waals surface area contributed by atoms with Crippen LogP contribution in [0.15, 0.2) is 30.3 Å². The van der Waals surface area contributed by atoms with Crippen molar-refractivity contribution in [3.05, 3.63) is 35.9 Å². The minimum absolute atomic E-state index is 0.450. The predicted molar refractivity (Wildman–Crippen MR) is 65.9 cm³/mol. The molecule has 1 aliphatic rings. The van der Waals surface area contributed by atoms with Crippen molar-refractivity contribution < 1.29 is 4.74 Å². The van der Waals surface area contributed by atoms with Gasteiger partial charge in [0.15, 0.2) is 12.0 Å². The van der Waals surface area contributed by atoms with Gasteiger partial charge < -0.3 is 4.74 Å². The fraction of sp³-hybridized carbons (Fsp3) is 0.154. The summed E-state index contributed by atoms with van der Waals surface area (Å²) in [5.74, 6) is 1.40. The van der Waals surface area contributed by atoms with Crippen molar-refractivity contribution in [2.75, 3.05) is 11.9 Å². The lowest BCUT2D eigenvalue weighted by atomic mass is 10.1. The molecule has 0 bridgehead atoms. The molecule has 1 aromatic heterocycles. The van der Waals surface area contributed by atoms with E-state index in [-0.39, 0.29) is 0 Å². The monoisotopic (exact) mass is 238 g/mol. The van der Waals surface area contributed by atoms with E-state index in [1.165, 1.54) is 5.56 Å². The molecule has 3 rings (SSSR count). The van der Waals surface area contributed by atoms with Gasteiger partial charge in [-0.3, -0.25) is 5.32 Å². The van der Waals surface area contributed by atoms with Gasteiger partial charge in [-0.15, -0.1) is 10.2 Å². The molecule has 2 heterocycles. The Morgan fingerprint density at radius 3 is 2.94 bits per heavy atom. The molecule has 1 aromatic carbocycles. The van der Waals surface area contributed by atoms with E-state index in [9.17, 15) is 0 Å². The highest BCUT2D eigenvalue weighted by Crippen LogP contribution is 2.29.